The first-order valence-electron chi connectivity index (χ1n) is 49.5. The first-order chi connectivity index (χ1) is 54.7. The fourth-order valence-corrected chi connectivity index (χ4v) is 18.2. The van der Waals surface area contributed by atoms with Gasteiger partial charge in [-0.15, -0.1) is 0 Å². The molecule has 0 amide bonds. The number of hydrogen-bond acceptors (Lipinski definition) is 14. The second kappa shape index (κ2) is 89.2. The van der Waals surface area contributed by atoms with Gasteiger partial charge in [-0.3, -0.25) is 9.59 Å². The quantitative estimate of drug-likeness (QED) is 0.0257. The van der Waals surface area contributed by atoms with Crippen LogP contribution in [-0.4, -0.2) is 154 Å². The maximum absolute atomic E-state index is 12.9. The van der Waals surface area contributed by atoms with Gasteiger partial charge in [-0.25, -0.2) is 0 Å². The highest BCUT2D eigenvalue weighted by atomic mass is 28.4. The molecule has 0 radical (unpaired) electrons. The van der Waals surface area contributed by atoms with E-state index in [1.165, 1.54) is 231 Å². The molecule has 0 aromatic carbocycles. The number of hydrogen-bond donors (Lipinski definition) is 2. The second-order valence-corrected chi connectivity index (χ2v) is 41.3. The molecule has 112 heavy (non-hydrogen) atoms. The fourth-order valence-electron chi connectivity index (χ4n) is 15.1. The maximum Gasteiger partial charge on any atom is 0.333 e. The summed E-state index contributed by atoms with van der Waals surface area (Å²) >= 11 is 0. The van der Waals surface area contributed by atoms with Crippen LogP contribution in [0.1, 0.15) is 466 Å². The molecule has 0 heterocycles. The SMILES string of the molecule is CCCCCCCCOC(CCCCCCC)O[Si](C)(C)OCCCCCCN(CCO)CCCCCCOC(=O)C(CCCCCC)CCCCCCCC.CCCCCCCCOC(CCCCCCC)O[Si](C)(C)OCCCCCCN(CCO)CCCCCCOC(=O)C(CCCCCC)CCCCCCCC. The van der Waals surface area contributed by atoms with Gasteiger partial charge < -0.3 is 56.7 Å². The van der Waals surface area contributed by atoms with Crippen molar-refractivity contribution >= 4 is 29.1 Å². The van der Waals surface area contributed by atoms with Gasteiger partial charge in [-0.1, -0.05) is 351 Å². The van der Waals surface area contributed by atoms with E-state index in [2.05, 4.69) is 91.4 Å². The van der Waals surface area contributed by atoms with Crippen LogP contribution >= 0.6 is 0 Å². The standard InChI is InChI=1S/2C48H99NO6Si/c2*1-7-11-15-19-22-29-37-46(36-28-18-14-10-4)48(51)53-44-34-26-23-31-39-49(41-42-50)40-32-24-27-35-45-54-56(5,6)55-47(38-30-21-17-13-9-3)52-43-33-25-20-16-12-8-2/h2*46-47,50H,7-45H2,1-6H3. The molecule has 0 rings (SSSR count). The minimum absolute atomic E-state index is 0.0516. The zero-order valence-electron chi connectivity index (χ0n) is 77.3. The Bertz CT molecular complexity index is 1730. The zero-order chi connectivity index (χ0) is 82.4. The Balaban J connectivity index is 0. The lowest BCUT2D eigenvalue weighted by molar-refractivity contribution is -0.150. The fraction of sp³-hybridized carbons (Fsp3) is 0.979. The molecule has 0 aliphatic rings. The van der Waals surface area contributed by atoms with E-state index in [4.69, 9.17) is 36.7 Å². The van der Waals surface area contributed by atoms with Crippen molar-refractivity contribution < 1.29 is 56.5 Å². The normalized spacial score (nSPS) is 13.1. The Labute approximate surface area is 700 Å². The van der Waals surface area contributed by atoms with Crippen LogP contribution < -0.4 is 0 Å². The largest absolute Gasteiger partial charge is 0.465 e. The van der Waals surface area contributed by atoms with Gasteiger partial charge >= 0.3 is 29.1 Å². The molecule has 4 unspecified atom stereocenters. The number of nitrogens with zero attached hydrogens (tertiary/aromatic N) is 2. The van der Waals surface area contributed by atoms with Gasteiger partial charge in [0.05, 0.1) is 38.3 Å². The molecular weight excluding hydrogens is 1430 g/mol. The van der Waals surface area contributed by atoms with Crippen molar-refractivity contribution in [2.45, 2.75) is 505 Å². The van der Waals surface area contributed by atoms with E-state index in [9.17, 15) is 19.8 Å². The average Bonchev–Trinajstić information content (AvgIpc) is 0.902. The first-order valence-corrected chi connectivity index (χ1v) is 55.2. The minimum Gasteiger partial charge on any atom is -0.465 e. The van der Waals surface area contributed by atoms with E-state index in [1.807, 2.05) is 0 Å². The Morgan fingerprint density at radius 3 is 0.714 bits per heavy atom. The van der Waals surface area contributed by atoms with Gasteiger partial charge in [0.25, 0.3) is 0 Å². The van der Waals surface area contributed by atoms with Crippen molar-refractivity contribution in [3.05, 3.63) is 0 Å². The number of carbonyl (C=O) groups excluding carboxylic acids is 2. The molecule has 14 nitrogen and oxygen atoms in total. The van der Waals surface area contributed by atoms with E-state index in [0.29, 0.717) is 13.2 Å². The highest BCUT2D eigenvalue weighted by Gasteiger charge is 2.31. The number of ether oxygens (including phenoxy) is 4. The van der Waals surface area contributed by atoms with E-state index >= 15 is 0 Å². The van der Waals surface area contributed by atoms with Crippen LogP contribution in [0.3, 0.4) is 0 Å². The molecule has 0 spiro atoms. The Morgan fingerprint density at radius 1 is 0.250 bits per heavy atom. The van der Waals surface area contributed by atoms with Crippen LogP contribution in [0.4, 0.5) is 0 Å². The highest BCUT2D eigenvalue weighted by Crippen LogP contribution is 2.26. The van der Waals surface area contributed by atoms with E-state index in [-0.39, 0.29) is 49.6 Å². The molecule has 0 saturated carbocycles. The molecule has 672 valence electrons. The van der Waals surface area contributed by atoms with Crippen molar-refractivity contribution in [2.24, 2.45) is 11.8 Å². The summed E-state index contributed by atoms with van der Waals surface area (Å²) < 4.78 is 50.1. The van der Waals surface area contributed by atoms with Gasteiger partial charge in [0.2, 0.25) is 0 Å². The summed E-state index contributed by atoms with van der Waals surface area (Å²) in [7, 11) is -4.53. The van der Waals surface area contributed by atoms with E-state index in [0.717, 1.165) is 245 Å². The average molecular weight is 1630 g/mol. The molecule has 0 fully saturated rings. The molecule has 2 N–H and O–H groups in total. The Morgan fingerprint density at radius 2 is 0.455 bits per heavy atom. The summed E-state index contributed by atoms with van der Waals surface area (Å²) in [6.07, 6.45) is 76.2. The molecule has 0 bridgehead atoms. The van der Waals surface area contributed by atoms with Gasteiger partial charge in [-0.05, 0) is 168 Å². The molecule has 0 aromatic heterocycles. The molecule has 4 atom stereocenters. The highest BCUT2D eigenvalue weighted by molar-refractivity contribution is 6.64. The summed E-state index contributed by atoms with van der Waals surface area (Å²) in [5, 5.41) is 19.3. The smallest absolute Gasteiger partial charge is 0.333 e. The predicted octanol–water partition coefficient (Wildman–Crippen LogP) is 28.2. The van der Waals surface area contributed by atoms with Crippen LogP contribution in [0, 0.1) is 11.8 Å². The number of esters is 2. The first kappa shape index (κ1) is 113. The number of aliphatic hydroxyl groups is 2. The molecular formula is C96H198N2O12Si2. The van der Waals surface area contributed by atoms with Crippen LogP contribution in [0.2, 0.25) is 26.2 Å². The number of aliphatic hydroxyl groups excluding tert-OH is 2. The summed E-state index contributed by atoms with van der Waals surface area (Å²) in [6.45, 7) is 37.0. The minimum atomic E-state index is -2.27. The lowest BCUT2D eigenvalue weighted by atomic mass is 9.94. The van der Waals surface area contributed by atoms with Gasteiger partial charge in [0, 0.05) is 39.5 Å². The van der Waals surface area contributed by atoms with Gasteiger partial charge in [0.15, 0.2) is 0 Å². The molecule has 0 aromatic rings. The topological polar surface area (TPSA) is 155 Å². The predicted molar refractivity (Wildman–Crippen MR) is 485 cm³/mol. The van der Waals surface area contributed by atoms with Crippen molar-refractivity contribution in [2.75, 3.05) is 92.1 Å². The van der Waals surface area contributed by atoms with Gasteiger partial charge in [-0.2, -0.15) is 0 Å². The van der Waals surface area contributed by atoms with Crippen molar-refractivity contribution in [3.8, 4) is 0 Å². The van der Waals surface area contributed by atoms with Gasteiger partial charge in [0.1, 0.15) is 12.6 Å². The third-order valence-corrected chi connectivity index (χ3v) is 26.0. The second-order valence-electron chi connectivity index (χ2n) is 34.6. The summed E-state index contributed by atoms with van der Waals surface area (Å²) in [5.74, 6) is 0.283. The van der Waals surface area contributed by atoms with E-state index in [1.54, 1.807) is 0 Å². The van der Waals surface area contributed by atoms with Crippen LogP contribution in [-0.2, 0) is 46.2 Å². The Hall–Kier alpha value is -1.03. The zero-order valence-corrected chi connectivity index (χ0v) is 79.3. The van der Waals surface area contributed by atoms with Crippen molar-refractivity contribution in [3.63, 3.8) is 0 Å². The maximum atomic E-state index is 12.9. The summed E-state index contributed by atoms with van der Waals surface area (Å²) in [6, 6.07) is 0. The summed E-state index contributed by atoms with van der Waals surface area (Å²) in [5.41, 5.74) is 0. The lowest BCUT2D eigenvalue weighted by Crippen LogP contribution is -2.40. The van der Waals surface area contributed by atoms with Crippen molar-refractivity contribution in [1.82, 2.24) is 9.80 Å². The third kappa shape index (κ3) is 81.3. The Kier molecular flexibility index (Phi) is 90.1. The van der Waals surface area contributed by atoms with Crippen LogP contribution in [0.25, 0.3) is 0 Å². The molecule has 0 aliphatic heterocycles. The monoisotopic (exact) mass is 1630 g/mol. The van der Waals surface area contributed by atoms with E-state index < -0.39 is 17.1 Å². The molecule has 0 saturated heterocycles. The third-order valence-electron chi connectivity index (χ3n) is 22.5. The van der Waals surface area contributed by atoms with Crippen LogP contribution in [0.5, 0.6) is 0 Å². The number of unbranched alkanes of at least 4 members (excludes halogenated alkanes) is 46. The number of rotatable bonds is 92. The van der Waals surface area contributed by atoms with Crippen molar-refractivity contribution in [1.29, 1.82) is 0 Å². The lowest BCUT2D eigenvalue weighted by Gasteiger charge is -2.29. The molecule has 0 aliphatic carbocycles. The summed E-state index contributed by atoms with van der Waals surface area (Å²) in [4.78, 5) is 30.7. The van der Waals surface area contributed by atoms with Crippen LogP contribution in [0.15, 0.2) is 0 Å². The number of carbonyl (C=O) groups is 2. The molecule has 16 heteroatoms.